The lowest BCUT2D eigenvalue weighted by atomic mass is 10.2. The molecular weight excluding hydrogens is 227 g/mol. The van der Waals surface area contributed by atoms with Crippen molar-refractivity contribution in [3.8, 4) is 0 Å². The van der Waals surface area contributed by atoms with Crippen LogP contribution in [0.1, 0.15) is 16.1 Å². The third-order valence-electron chi connectivity index (χ3n) is 2.06. The van der Waals surface area contributed by atoms with Crippen molar-refractivity contribution in [1.82, 2.24) is 4.98 Å². The predicted octanol–water partition coefficient (Wildman–Crippen LogP) is 2.12. The molecule has 88 valence electrons. The highest BCUT2D eigenvalue weighted by molar-refractivity contribution is 5.85. The fourth-order valence-corrected chi connectivity index (χ4v) is 1.28. The molecule has 1 aromatic heterocycles. The number of nitrogens with zero attached hydrogens (tertiary/aromatic N) is 1. The van der Waals surface area contributed by atoms with Crippen molar-refractivity contribution in [3.05, 3.63) is 47.6 Å². The van der Waals surface area contributed by atoms with Gasteiger partial charge in [-0.3, -0.25) is 0 Å². The Kier molecular flexibility index (Phi) is 3.04. The first-order valence-corrected chi connectivity index (χ1v) is 4.82. The van der Waals surface area contributed by atoms with Crippen LogP contribution in [0.15, 0.2) is 34.9 Å². The Labute approximate surface area is 95.9 Å². The largest absolute Gasteiger partial charge is 0.476 e. The molecule has 0 spiro atoms. The van der Waals surface area contributed by atoms with E-state index in [1.807, 2.05) is 0 Å². The topological polar surface area (TPSA) is 75.4 Å². The molecular formula is C11H9FN2O3. The summed E-state index contributed by atoms with van der Waals surface area (Å²) in [5.41, 5.74) is 0.534. The molecule has 0 aliphatic rings. The summed E-state index contributed by atoms with van der Waals surface area (Å²) >= 11 is 0. The van der Waals surface area contributed by atoms with Crippen LogP contribution in [-0.4, -0.2) is 16.1 Å². The molecule has 6 heteroatoms. The number of oxazole rings is 1. The lowest BCUT2D eigenvalue weighted by Gasteiger charge is -2.01. The molecule has 0 bridgehead atoms. The van der Waals surface area contributed by atoms with Crippen molar-refractivity contribution in [2.45, 2.75) is 6.54 Å². The van der Waals surface area contributed by atoms with Crippen LogP contribution >= 0.6 is 0 Å². The maximum atomic E-state index is 12.9. The molecule has 0 aliphatic carbocycles. The summed E-state index contributed by atoms with van der Waals surface area (Å²) in [6.07, 6.45) is 1.04. The summed E-state index contributed by atoms with van der Waals surface area (Å²) in [5, 5.41) is 11.4. The molecule has 0 atom stereocenters. The van der Waals surface area contributed by atoms with Gasteiger partial charge in [0.15, 0.2) is 5.69 Å². The van der Waals surface area contributed by atoms with E-state index in [2.05, 4.69) is 10.3 Å². The van der Waals surface area contributed by atoms with E-state index < -0.39 is 5.97 Å². The van der Waals surface area contributed by atoms with E-state index in [0.717, 1.165) is 6.26 Å². The maximum absolute atomic E-state index is 12.9. The van der Waals surface area contributed by atoms with E-state index in [0.29, 0.717) is 12.1 Å². The Morgan fingerprint density at radius 3 is 3.00 bits per heavy atom. The van der Waals surface area contributed by atoms with Gasteiger partial charge in [-0.2, -0.15) is 4.98 Å². The molecule has 5 nitrogen and oxygen atoms in total. The summed E-state index contributed by atoms with van der Waals surface area (Å²) in [6.45, 7) is 0.303. The van der Waals surface area contributed by atoms with Gasteiger partial charge < -0.3 is 14.8 Å². The Balaban J connectivity index is 2.00. The smallest absolute Gasteiger partial charge is 0.357 e. The number of rotatable bonds is 4. The van der Waals surface area contributed by atoms with Crippen LogP contribution < -0.4 is 5.32 Å². The highest BCUT2D eigenvalue weighted by Crippen LogP contribution is 2.10. The van der Waals surface area contributed by atoms with Gasteiger partial charge in [0.25, 0.3) is 6.01 Å². The number of aromatic carboxylic acids is 1. The molecule has 2 N–H and O–H groups in total. The van der Waals surface area contributed by atoms with Crippen LogP contribution in [0.3, 0.4) is 0 Å². The number of hydrogen-bond donors (Lipinski definition) is 2. The lowest BCUT2D eigenvalue weighted by molar-refractivity contribution is 0.0690. The second-order valence-electron chi connectivity index (χ2n) is 3.33. The number of hydrogen-bond acceptors (Lipinski definition) is 4. The molecule has 1 heterocycles. The molecule has 17 heavy (non-hydrogen) atoms. The van der Waals surface area contributed by atoms with Crippen LogP contribution in [0.5, 0.6) is 0 Å². The Morgan fingerprint density at radius 2 is 2.35 bits per heavy atom. The van der Waals surface area contributed by atoms with Gasteiger partial charge in [-0.1, -0.05) is 12.1 Å². The lowest BCUT2D eigenvalue weighted by Crippen LogP contribution is -2.01. The third kappa shape index (κ3) is 2.81. The van der Waals surface area contributed by atoms with Crippen LogP contribution in [0, 0.1) is 5.82 Å². The summed E-state index contributed by atoms with van der Waals surface area (Å²) in [6, 6.07) is 6.12. The molecule has 2 aromatic rings. The standard InChI is InChI=1S/C11H9FN2O3/c12-8-3-1-2-7(4-8)5-13-11-14-9(6-17-11)10(15)16/h1-4,6H,5H2,(H,13,14)(H,15,16). The second-order valence-corrected chi connectivity index (χ2v) is 3.33. The van der Waals surface area contributed by atoms with Crippen molar-refractivity contribution in [2.24, 2.45) is 0 Å². The van der Waals surface area contributed by atoms with Crippen LogP contribution in [0.2, 0.25) is 0 Å². The fraction of sp³-hybridized carbons (Fsp3) is 0.0909. The molecule has 0 saturated carbocycles. The molecule has 0 saturated heterocycles. The van der Waals surface area contributed by atoms with E-state index in [1.165, 1.54) is 12.1 Å². The first-order chi connectivity index (χ1) is 8.15. The number of carboxylic acid groups (broad SMARTS) is 1. The predicted molar refractivity (Wildman–Crippen MR) is 57.2 cm³/mol. The Hall–Kier alpha value is -2.37. The molecule has 0 amide bonds. The average Bonchev–Trinajstić information content (AvgIpc) is 2.75. The van der Waals surface area contributed by atoms with Crippen molar-refractivity contribution in [3.63, 3.8) is 0 Å². The molecule has 0 aliphatic heterocycles. The van der Waals surface area contributed by atoms with Crippen LogP contribution in [0.25, 0.3) is 0 Å². The Morgan fingerprint density at radius 1 is 1.53 bits per heavy atom. The Bertz CT molecular complexity index is 539. The van der Waals surface area contributed by atoms with E-state index >= 15 is 0 Å². The first-order valence-electron chi connectivity index (χ1n) is 4.82. The van der Waals surface area contributed by atoms with Crippen molar-refractivity contribution < 1.29 is 18.7 Å². The van der Waals surface area contributed by atoms with E-state index in [-0.39, 0.29) is 17.5 Å². The van der Waals surface area contributed by atoms with Crippen molar-refractivity contribution in [2.75, 3.05) is 5.32 Å². The number of carbonyl (C=O) groups is 1. The molecule has 2 rings (SSSR count). The maximum Gasteiger partial charge on any atom is 0.357 e. The first kappa shape index (κ1) is 11.1. The van der Waals surface area contributed by atoms with Crippen LogP contribution in [-0.2, 0) is 6.54 Å². The van der Waals surface area contributed by atoms with Gasteiger partial charge in [0.05, 0.1) is 0 Å². The van der Waals surface area contributed by atoms with E-state index in [9.17, 15) is 9.18 Å². The van der Waals surface area contributed by atoms with Gasteiger partial charge in [-0.15, -0.1) is 0 Å². The fourth-order valence-electron chi connectivity index (χ4n) is 1.28. The monoisotopic (exact) mass is 236 g/mol. The number of carboxylic acids is 1. The summed E-state index contributed by atoms with van der Waals surface area (Å²) in [7, 11) is 0. The van der Waals surface area contributed by atoms with Crippen molar-refractivity contribution >= 4 is 12.0 Å². The minimum absolute atomic E-state index is 0.0895. The molecule has 0 fully saturated rings. The SMILES string of the molecule is O=C(O)c1coc(NCc2cccc(F)c2)n1. The van der Waals surface area contributed by atoms with Gasteiger partial charge in [0.1, 0.15) is 12.1 Å². The summed E-state index contributed by atoms with van der Waals surface area (Å²) in [4.78, 5) is 14.2. The van der Waals surface area contributed by atoms with Gasteiger partial charge in [0.2, 0.25) is 0 Å². The number of aromatic nitrogens is 1. The summed E-state index contributed by atoms with van der Waals surface area (Å²) < 4.78 is 17.7. The normalized spacial score (nSPS) is 10.2. The molecule has 0 radical (unpaired) electrons. The molecule has 1 aromatic carbocycles. The minimum atomic E-state index is -1.16. The third-order valence-corrected chi connectivity index (χ3v) is 2.06. The van der Waals surface area contributed by atoms with E-state index in [4.69, 9.17) is 9.52 Å². The average molecular weight is 236 g/mol. The quantitative estimate of drug-likeness (QED) is 0.850. The van der Waals surface area contributed by atoms with Gasteiger partial charge in [-0.25, -0.2) is 9.18 Å². The zero-order chi connectivity index (χ0) is 12.3. The van der Waals surface area contributed by atoms with Gasteiger partial charge >= 0.3 is 5.97 Å². The number of nitrogens with one attached hydrogen (secondary N) is 1. The number of benzene rings is 1. The zero-order valence-corrected chi connectivity index (χ0v) is 8.68. The van der Waals surface area contributed by atoms with Gasteiger partial charge in [-0.05, 0) is 17.7 Å². The highest BCUT2D eigenvalue weighted by atomic mass is 19.1. The number of halogens is 1. The summed E-state index contributed by atoms with van der Waals surface area (Å²) in [5.74, 6) is -1.49. The van der Waals surface area contributed by atoms with Crippen molar-refractivity contribution in [1.29, 1.82) is 0 Å². The van der Waals surface area contributed by atoms with Gasteiger partial charge in [0, 0.05) is 6.54 Å². The minimum Gasteiger partial charge on any atom is -0.476 e. The zero-order valence-electron chi connectivity index (χ0n) is 8.68. The second kappa shape index (κ2) is 4.65. The molecule has 0 unspecified atom stereocenters. The number of anilines is 1. The highest BCUT2D eigenvalue weighted by Gasteiger charge is 2.09. The van der Waals surface area contributed by atoms with Crippen LogP contribution in [0.4, 0.5) is 10.4 Å². The van der Waals surface area contributed by atoms with E-state index in [1.54, 1.807) is 12.1 Å².